The Morgan fingerprint density at radius 1 is 1.07 bits per heavy atom. The highest BCUT2D eigenvalue weighted by atomic mass is 16.5. The number of urea groups is 1. The Morgan fingerprint density at radius 2 is 1.74 bits per heavy atom. The molecule has 3 rings (SSSR count). The molecule has 1 atom stereocenters. The van der Waals surface area contributed by atoms with Gasteiger partial charge in [-0.2, -0.15) is 0 Å². The van der Waals surface area contributed by atoms with E-state index in [9.17, 15) is 9.59 Å². The molecule has 27 heavy (non-hydrogen) atoms. The molecule has 2 aromatic carbocycles. The maximum Gasteiger partial charge on any atom is 0.329 e. The van der Waals surface area contributed by atoms with Crippen molar-refractivity contribution in [1.29, 1.82) is 0 Å². The summed E-state index contributed by atoms with van der Waals surface area (Å²) in [5.74, 6) is 0.467. The van der Waals surface area contributed by atoms with Crippen LogP contribution < -0.4 is 10.1 Å². The van der Waals surface area contributed by atoms with Crippen molar-refractivity contribution in [3.63, 3.8) is 0 Å². The quantitative estimate of drug-likeness (QED) is 0.615. The number of aryl methyl sites for hydroxylation is 1. The molecule has 1 heterocycles. The van der Waals surface area contributed by atoms with Gasteiger partial charge >= 0.3 is 6.03 Å². The average molecular weight is 364 g/mol. The molecule has 0 aliphatic carbocycles. The molecular weight excluding hydrogens is 340 g/mol. The predicted molar refractivity (Wildman–Crippen MR) is 105 cm³/mol. The Hall–Kier alpha value is -3.08. The number of ether oxygens (including phenoxy) is 1. The average Bonchev–Trinajstić information content (AvgIpc) is 2.92. The van der Waals surface area contributed by atoms with Crippen LogP contribution in [0.15, 0.2) is 54.2 Å². The second-order valence-corrected chi connectivity index (χ2v) is 6.77. The highest BCUT2D eigenvalue weighted by Crippen LogP contribution is 2.20. The fraction of sp³-hybridized carbons (Fsp3) is 0.273. The summed E-state index contributed by atoms with van der Waals surface area (Å²) >= 11 is 0. The molecule has 0 unspecified atom stereocenters. The van der Waals surface area contributed by atoms with Crippen LogP contribution in [0.1, 0.15) is 37.0 Å². The normalized spacial score (nSPS) is 16.6. The summed E-state index contributed by atoms with van der Waals surface area (Å²) in [4.78, 5) is 26.0. The highest BCUT2D eigenvalue weighted by Gasteiger charge is 2.33. The molecule has 2 aromatic rings. The third kappa shape index (κ3) is 4.56. The molecule has 0 aromatic heterocycles. The lowest BCUT2D eigenvalue weighted by Crippen LogP contribution is -2.30. The Labute approximate surface area is 159 Å². The van der Waals surface area contributed by atoms with Crippen molar-refractivity contribution in [3.8, 4) is 5.75 Å². The van der Waals surface area contributed by atoms with Crippen LogP contribution in [-0.4, -0.2) is 22.9 Å². The summed E-state index contributed by atoms with van der Waals surface area (Å²) in [6.07, 6.45) is 2.77. The van der Waals surface area contributed by atoms with Crippen LogP contribution in [0.2, 0.25) is 0 Å². The number of carbonyl (C=O) groups excluding carboxylic acids is 2. The summed E-state index contributed by atoms with van der Waals surface area (Å²) in [5.41, 5.74) is 3.16. The molecule has 0 saturated carbocycles. The first kappa shape index (κ1) is 18.7. The van der Waals surface area contributed by atoms with E-state index in [0.29, 0.717) is 0 Å². The third-order valence-electron chi connectivity index (χ3n) is 4.53. The molecule has 1 N–H and O–H groups in total. The largest absolute Gasteiger partial charge is 0.491 e. The number of rotatable bonds is 6. The van der Waals surface area contributed by atoms with Gasteiger partial charge in [0.1, 0.15) is 11.4 Å². The summed E-state index contributed by atoms with van der Waals surface area (Å²) < 4.78 is 5.75. The maximum absolute atomic E-state index is 12.6. The van der Waals surface area contributed by atoms with Crippen molar-refractivity contribution in [1.82, 2.24) is 10.2 Å². The number of nitrogens with one attached hydrogen (secondary N) is 1. The van der Waals surface area contributed by atoms with E-state index in [-0.39, 0.29) is 24.3 Å². The van der Waals surface area contributed by atoms with Gasteiger partial charge in [0, 0.05) is 0 Å². The summed E-state index contributed by atoms with van der Waals surface area (Å²) in [6.45, 7) is 6.34. The van der Waals surface area contributed by atoms with Crippen molar-refractivity contribution < 1.29 is 14.3 Å². The van der Waals surface area contributed by atoms with Crippen LogP contribution in [0.4, 0.5) is 4.79 Å². The molecule has 1 aliphatic heterocycles. The van der Waals surface area contributed by atoms with Crippen LogP contribution in [0.3, 0.4) is 0 Å². The van der Waals surface area contributed by atoms with E-state index in [1.165, 1.54) is 4.90 Å². The molecule has 3 amide bonds. The van der Waals surface area contributed by atoms with Crippen molar-refractivity contribution in [3.05, 3.63) is 70.9 Å². The van der Waals surface area contributed by atoms with E-state index in [1.807, 2.05) is 62.4 Å². The second kappa shape index (κ2) is 8.08. The van der Waals surface area contributed by atoms with E-state index in [0.717, 1.165) is 28.9 Å². The first-order chi connectivity index (χ1) is 13.0. The fourth-order valence-corrected chi connectivity index (χ4v) is 2.72. The number of benzene rings is 2. The monoisotopic (exact) mass is 364 g/mol. The molecule has 1 saturated heterocycles. The van der Waals surface area contributed by atoms with Gasteiger partial charge in [-0.05, 0) is 49.6 Å². The smallest absolute Gasteiger partial charge is 0.329 e. The van der Waals surface area contributed by atoms with Gasteiger partial charge in [0.2, 0.25) is 0 Å². The maximum atomic E-state index is 12.6. The van der Waals surface area contributed by atoms with Crippen LogP contribution in [0.25, 0.3) is 6.08 Å². The van der Waals surface area contributed by atoms with Crippen LogP contribution in [0.5, 0.6) is 5.75 Å². The standard InChI is InChI=1S/C22H24N2O3/c1-4-16(3)27-19-11-9-17(10-12-19)13-20-21(25)24(22(26)23-20)14-18-7-5-15(2)6-8-18/h5-13,16H,4,14H2,1-3H3,(H,23,26)/b20-13+/t16-/m0/s1. The molecular formula is C22H24N2O3. The van der Waals surface area contributed by atoms with Crippen molar-refractivity contribution in [2.75, 3.05) is 0 Å². The van der Waals surface area contributed by atoms with Crippen LogP contribution >= 0.6 is 0 Å². The van der Waals surface area contributed by atoms with Gasteiger partial charge in [0.15, 0.2) is 0 Å². The lowest BCUT2D eigenvalue weighted by molar-refractivity contribution is -0.123. The Morgan fingerprint density at radius 3 is 2.37 bits per heavy atom. The van der Waals surface area contributed by atoms with E-state index in [4.69, 9.17) is 4.74 Å². The van der Waals surface area contributed by atoms with Gasteiger partial charge in [-0.1, -0.05) is 48.9 Å². The molecule has 1 aliphatic rings. The van der Waals surface area contributed by atoms with Gasteiger partial charge in [0.05, 0.1) is 12.6 Å². The summed E-state index contributed by atoms with van der Waals surface area (Å²) in [6, 6.07) is 14.8. The second-order valence-electron chi connectivity index (χ2n) is 6.77. The predicted octanol–water partition coefficient (Wildman–Crippen LogP) is 4.27. The summed E-state index contributed by atoms with van der Waals surface area (Å²) in [5, 5.41) is 2.66. The minimum absolute atomic E-state index is 0.153. The summed E-state index contributed by atoms with van der Waals surface area (Å²) in [7, 11) is 0. The van der Waals surface area contributed by atoms with Gasteiger partial charge in [-0.15, -0.1) is 0 Å². The molecule has 5 heteroatoms. The van der Waals surface area contributed by atoms with E-state index in [1.54, 1.807) is 6.08 Å². The van der Waals surface area contributed by atoms with Crippen LogP contribution in [0, 0.1) is 6.92 Å². The van der Waals surface area contributed by atoms with E-state index < -0.39 is 6.03 Å². The number of hydrogen-bond acceptors (Lipinski definition) is 3. The van der Waals surface area contributed by atoms with Gasteiger partial charge < -0.3 is 10.1 Å². The van der Waals surface area contributed by atoms with Crippen molar-refractivity contribution in [2.45, 2.75) is 39.8 Å². The molecule has 140 valence electrons. The van der Waals surface area contributed by atoms with Crippen LogP contribution in [-0.2, 0) is 11.3 Å². The first-order valence-electron chi connectivity index (χ1n) is 9.13. The molecule has 0 radical (unpaired) electrons. The Bertz CT molecular complexity index is 854. The number of nitrogens with zero attached hydrogens (tertiary/aromatic N) is 1. The Balaban J connectivity index is 1.71. The fourth-order valence-electron chi connectivity index (χ4n) is 2.72. The van der Waals surface area contributed by atoms with Gasteiger partial charge in [-0.3, -0.25) is 9.69 Å². The SMILES string of the molecule is CC[C@H](C)Oc1ccc(/C=C2/NC(=O)N(Cc3ccc(C)cc3)C2=O)cc1. The van der Waals surface area contributed by atoms with Gasteiger partial charge in [0.25, 0.3) is 5.91 Å². The highest BCUT2D eigenvalue weighted by molar-refractivity contribution is 6.13. The molecule has 5 nitrogen and oxygen atoms in total. The molecule has 1 fully saturated rings. The van der Waals surface area contributed by atoms with Crippen molar-refractivity contribution in [2.24, 2.45) is 0 Å². The zero-order chi connectivity index (χ0) is 19.4. The molecule has 0 bridgehead atoms. The van der Waals surface area contributed by atoms with E-state index in [2.05, 4.69) is 12.2 Å². The number of hydrogen-bond donors (Lipinski definition) is 1. The number of amides is 3. The minimum atomic E-state index is -0.399. The number of carbonyl (C=O) groups is 2. The zero-order valence-corrected chi connectivity index (χ0v) is 15.9. The van der Waals surface area contributed by atoms with Crippen molar-refractivity contribution >= 4 is 18.0 Å². The lowest BCUT2D eigenvalue weighted by atomic mass is 10.1. The molecule has 0 spiro atoms. The third-order valence-corrected chi connectivity index (χ3v) is 4.53. The minimum Gasteiger partial charge on any atom is -0.491 e. The first-order valence-corrected chi connectivity index (χ1v) is 9.13. The van der Waals surface area contributed by atoms with E-state index >= 15 is 0 Å². The number of imide groups is 1. The topological polar surface area (TPSA) is 58.6 Å². The Kier molecular flexibility index (Phi) is 5.60. The van der Waals surface area contributed by atoms with Gasteiger partial charge in [-0.25, -0.2) is 4.79 Å². The zero-order valence-electron chi connectivity index (χ0n) is 15.9. The lowest BCUT2D eigenvalue weighted by Gasteiger charge is -2.12.